The summed E-state index contributed by atoms with van der Waals surface area (Å²) in [6.07, 6.45) is 0.941. The van der Waals surface area contributed by atoms with Gasteiger partial charge in [0.25, 0.3) is 0 Å². The number of hydrogen-bond acceptors (Lipinski definition) is 1. The SMILES string of the molecule is CC(N)Cc1cccc2c1C1c3ccccc3C2c2ccccc21. The second-order valence-electron chi connectivity index (χ2n) is 7.23. The lowest BCUT2D eigenvalue weighted by Gasteiger charge is -2.43. The molecule has 3 aliphatic rings. The summed E-state index contributed by atoms with van der Waals surface area (Å²) >= 11 is 0. The average molecular weight is 311 g/mol. The average Bonchev–Trinajstić information content (AvgIpc) is 2.61. The molecule has 0 saturated heterocycles. The van der Waals surface area contributed by atoms with E-state index >= 15 is 0 Å². The van der Waals surface area contributed by atoms with E-state index in [0.717, 1.165) is 6.42 Å². The van der Waals surface area contributed by atoms with Crippen molar-refractivity contribution in [2.45, 2.75) is 31.2 Å². The molecule has 1 unspecified atom stereocenters. The summed E-state index contributed by atoms with van der Waals surface area (Å²) in [4.78, 5) is 0. The van der Waals surface area contributed by atoms with Gasteiger partial charge < -0.3 is 5.73 Å². The second-order valence-corrected chi connectivity index (χ2v) is 7.23. The molecule has 6 rings (SSSR count). The van der Waals surface area contributed by atoms with E-state index < -0.39 is 0 Å². The van der Waals surface area contributed by atoms with Crippen LogP contribution in [0.5, 0.6) is 0 Å². The summed E-state index contributed by atoms with van der Waals surface area (Å²) in [5.41, 5.74) is 16.5. The molecular weight excluding hydrogens is 290 g/mol. The summed E-state index contributed by atoms with van der Waals surface area (Å²) in [5.74, 6) is 0.720. The van der Waals surface area contributed by atoms with E-state index in [4.69, 9.17) is 5.73 Å². The van der Waals surface area contributed by atoms with Crippen LogP contribution >= 0.6 is 0 Å². The highest BCUT2D eigenvalue weighted by Crippen LogP contribution is 2.56. The molecule has 1 nitrogen and oxygen atoms in total. The van der Waals surface area contributed by atoms with Crippen molar-refractivity contribution in [2.24, 2.45) is 5.73 Å². The third-order valence-electron chi connectivity index (χ3n) is 5.61. The van der Waals surface area contributed by atoms with Gasteiger partial charge in [0.2, 0.25) is 0 Å². The molecule has 118 valence electrons. The Hall–Kier alpha value is -2.38. The molecule has 0 saturated carbocycles. The predicted molar refractivity (Wildman–Crippen MR) is 98.6 cm³/mol. The summed E-state index contributed by atoms with van der Waals surface area (Å²) in [5, 5.41) is 0. The zero-order chi connectivity index (χ0) is 16.3. The van der Waals surface area contributed by atoms with Crippen LogP contribution in [0, 0.1) is 0 Å². The van der Waals surface area contributed by atoms with E-state index in [9.17, 15) is 0 Å². The smallest absolute Gasteiger partial charge is 0.0351 e. The van der Waals surface area contributed by atoms with Gasteiger partial charge in [-0.25, -0.2) is 0 Å². The van der Waals surface area contributed by atoms with E-state index in [-0.39, 0.29) is 6.04 Å². The maximum Gasteiger partial charge on any atom is 0.0351 e. The van der Waals surface area contributed by atoms with Gasteiger partial charge in [-0.3, -0.25) is 0 Å². The Balaban J connectivity index is 1.83. The van der Waals surface area contributed by atoms with E-state index in [1.54, 1.807) is 0 Å². The molecule has 3 aliphatic carbocycles. The maximum atomic E-state index is 6.14. The van der Waals surface area contributed by atoms with Crippen LogP contribution in [0.3, 0.4) is 0 Å². The first-order valence-corrected chi connectivity index (χ1v) is 8.80. The Morgan fingerprint density at radius 3 is 1.75 bits per heavy atom. The van der Waals surface area contributed by atoms with E-state index in [1.165, 1.54) is 38.9 Å². The van der Waals surface area contributed by atoms with Crippen molar-refractivity contribution in [3.8, 4) is 0 Å². The van der Waals surface area contributed by atoms with Gasteiger partial charge in [0.15, 0.2) is 0 Å². The Kier molecular flexibility index (Phi) is 2.95. The quantitative estimate of drug-likeness (QED) is 0.508. The first kappa shape index (κ1) is 14.0. The number of benzene rings is 3. The molecule has 0 heterocycles. The number of hydrogen-bond donors (Lipinski definition) is 1. The van der Waals surface area contributed by atoms with E-state index in [1.807, 2.05) is 0 Å². The van der Waals surface area contributed by atoms with Crippen LogP contribution in [0.15, 0.2) is 66.7 Å². The fourth-order valence-corrected chi connectivity index (χ4v) is 4.82. The maximum absolute atomic E-state index is 6.14. The molecule has 1 atom stereocenters. The van der Waals surface area contributed by atoms with Crippen molar-refractivity contribution >= 4 is 0 Å². The highest BCUT2D eigenvalue weighted by molar-refractivity contribution is 5.69. The lowest BCUT2D eigenvalue weighted by atomic mass is 9.60. The lowest BCUT2D eigenvalue weighted by molar-refractivity contribution is 0.700. The summed E-state index contributed by atoms with van der Waals surface area (Å²) in [6.45, 7) is 2.10. The third-order valence-corrected chi connectivity index (χ3v) is 5.61. The van der Waals surface area contributed by atoms with Crippen molar-refractivity contribution in [1.29, 1.82) is 0 Å². The molecule has 0 aromatic heterocycles. The van der Waals surface area contributed by atoms with Crippen LogP contribution in [0.25, 0.3) is 0 Å². The van der Waals surface area contributed by atoms with Crippen molar-refractivity contribution in [3.05, 3.63) is 106 Å². The van der Waals surface area contributed by atoms with Gasteiger partial charge in [0.1, 0.15) is 0 Å². The van der Waals surface area contributed by atoms with Gasteiger partial charge in [-0.15, -0.1) is 0 Å². The Morgan fingerprint density at radius 2 is 1.21 bits per heavy atom. The highest BCUT2D eigenvalue weighted by Gasteiger charge is 2.41. The number of nitrogens with two attached hydrogens (primary N) is 1. The molecule has 3 aromatic rings. The first-order chi connectivity index (χ1) is 11.8. The van der Waals surface area contributed by atoms with Crippen LogP contribution in [-0.4, -0.2) is 6.04 Å². The summed E-state index contributed by atoms with van der Waals surface area (Å²) < 4.78 is 0. The normalized spacial score (nSPS) is 20.9. The van der Waals surface area contributed by atoms with Gasteiger partial charge in [-0.05, 0) is 52.3 Å². The van der Waals surface area contributed by atoms with Crippen LogP contribution in [0.1, 0.15) is 57.7 Å². The third kappa shape index (κ3) is 1.79. The van der Waals surface area contributed by atoms with E-state index in [0.29, 0.717) is 11.8 Å². The molecule has 0 fully saturated rings. The molecule has 0 amide bonds. The van der Waals surface area contributed by atoms with Gasteiger partial charge in [0, 0.05) is 17.9 Å². The zero-order valence-corrected chi connectivity index (χ0v) is 13.9. The van der Waals surface area contributed by atoms with Crippen molar-refractivity contribution in [2.75, 3.05) is 0 Å². The Labute approximate surface area is 143 Å². The van der Waals surface area contributed by atoms with Crippen LogP contribution in [-0.2, 0) is 6.42 Å². The molecule has 2 bridgehead atoms. The van der Waals surface area contributed by atoms with Crippen molar-refractivity contribution < 1.29 is 0 Å². The minimum absolute atomic E-state index is 0.183. The van der Waals surface area contributed by atoms with Crippen LogP contribution in [0.4, 0.5) is 0 Å². The fraction of sp³-hybridized carbons (Fsp3) is 0.217. The van der Waals surface area contributed by atoms with Gasteiger partial charge >= 0.3 is 0 Å². The molecule has 24 heavy (non-hydrogen) atoms. The molecule has 0 aliphatic heterocycles. The Morgan fingerprint density at radius 1 is 0.708 bits per heavy atom. The molecule has 0 radical (unpaired) electrons. The van der Waals surface area contributed by atoms with Crippen molar-refractivity contribution in [3.63, 3.8) is 0 Å². The van der Waals surface area contributed by atoms with E-state index in [2.05, 4.69) is 73.7 Å². The number of rotatable bonds is 2. The molecular formula is C23H21N. The standard InChI is InChI=1S/C23H21N/c1-14(24)13-15-7-6-12-20-21(15)23-18-10-4-2-8-16(18)22(20)17-9-3-5-11-19(17)23/h2-12,14,22-23H,13,24H2,1H3. The van der Waals surface area contributed by atoms with Crippen molar-refractivity contribution in [1.82, 2.24) is 0 Å². The summed E-state index contributed by atoms with van der Waals surface area (Å²) in [6, 6.07) is 24.9. The fourth-order valence-electron chi connectivity index (χ4n) is 4.82. The minimum atomic E-state index is 0.183. The predicted octanol–water partition coefficient (Wildman–Crippen LogP) is 4.56. The van der Waals surface area contributed by atoms with Gasteiger partial charge in [0.05, 0.1) is 0 Å². The molecule has 3 aromatic carbocycles. The monoisotopic (exact) mass is 311 g/mol. The highest BCUT2D eigenvalue weighted by atomic mass is 14.6. The summed E-state index contributed by atoms with van der Waals surface area (Å²) in [7, 11) is 0. The topological polar surface area (TPSA) is 26.0 Å². The van der Waals surface area contributed by atoms with Crippen LogP contribution in [0.2, 0.25) is 0 Å². The van der Waals surface area contributed by atoms with Gasteiger partial charge in [-0.1, -0.05) is 66.7 Å². The van der Waals surface area contributed by atoms with Crippen LogP contribution < -0.4 is 5.73 Å². The minimum Gasteiger partial charge on any atom is -0.328 e. The van der Waals surface area contributed by atoms with Gasteiger partial charge in [-0.2, -0.15) is 0 Å². The second kappa shape index (κ2) is 5.06. The molecule has 0 spiro atoms. The Bertz CT molecular complexity index is 891. The first-order valence-electron chi connectivity index (χ1n) is 8.80. The zero-order valence-electron chi connectivity index (χ0n) is 13.9. The largest absolute Gasteiger partial charge is 0.328 e. The lowest BCUT2D eigenvalue weighted by Crippen LogP contribution is -2.29. The molecule has 2 N–H and O–H groups in total. The molecule has 1 heteroatoms.